The molecule has 0 atom stereocenters. The molecule has 0 amide bonds. The minimum absolute atomic E-state index is 0.00141. The van der Waals surface area contributed by atoms with E-state index in [0.29, 0.717) is 0 Å². The van der Waals surface area contributed by atoms with E-state index in [1.165, 1.54) is 37.4 Å². The maximum absolute atomic E-state index is 12.9. The van der Waals surface area contributed by atoms with Gasteiger partial charge in [-0.2, -0.15) is 0 Å². The Morgan fingerprint density at radius 1 is 0.882 bits per heavy atom. The monoisotopic (exact) mass is 481 g/mol. The number of sulfonamides is 1. The quantitative estimate of drug-likeness (QED) is 0.410. The first-order valence-corrected chi connectivity index (χ1v) is 12.4. The van der Waals surface area contributed by atoms with Gasteiger partial charge in [0, 0.05) is 0 Å². The Kier molecular flexibility index (Phi) is 8.43. The second kappa shape index (κ2) is 11.5. The van der Waals surface area contributed by atoms with Crippen molar-refractivity contribution >= 4 is 27.6 Å². The van der Waals surface area contributed by atoms with Gasteiger partial charge in [0.1, 0.15) is 6.61 Å². The number of ether oxygens (including phenoxy) is 2. The Balaban J connectivity index is 1.80. The molecule has 1 N–H and O–H groups in total. The third-order valence-electron chi connectivity index (χ3n) is 5.17. The van der Waals surface area contributed by atoms with Gasteiger partial charge >= 0.3 is 11.9 Å². The van der Waals surface area contributed by atoms with E-state index in [4.69, 9.17) is 9.47 Å². The zero-order chi connectivity index (χ0) is 24.6. The molecule has 3 aromatic carbocycles. The SMILES string of the molecule is CCCCc1ccc(S(=O)(=O)Nc2ccc(C(=O)OCc3ccccc3)cc2C(=O)OC)cc1. The number of carbonyl (C=O) groups is 2. The van der Waals surface area contributed by atoms with Crippen molar-refractivity contribution in [3.8, 4) is 0 Å². The minimum atomic E-state index is -3.97. The number of esters is 2. The standard InChI is InChI=1S/C26H27NO6S/c1-3-4-8-19-11-14-22(15-12-19)34(30,31)27-24-16-13-21(17-23(24)26(29)32-2)25(28)33-18-20-9-6-5-7-10-20/h5-7,9-17,27H,3-4,8,18H2,1-2H3. The average Bonchev–Trinajstić information content (AvgIpc) is 2.86. The highest BCUT2D eigenvalue weighted by molar-refractivity contribution is 7.92. The lowest BCUT2D eigenvalue weighted by Gasteiger charge is -2.13. The Labute approximate surface area is 199 Å². The highest BCUT2D eigenvalue weighted by atomic mass is 32.2. The molecular weight excluding hydrogens is 454 g/mol. The fourth-order valence-electron chi connectivity index (χ4n) is 3.27. The van der Waals surface area contributed by atoms with E-state index in [1.54, 1.807) is 12.1 Å². The molecule has 0 aliphatic heterocycles. The summed E-state index contributed by atoms with van der Waals surface area (Å²) in [6.45, 7) is 2.16. The lowest BCUT2D eigenvalue weighted by molar-refractivity contribution is 0.0472. The molecule has 0 saturated heterocycles. The Morgan fingerprint density at radius 2 is 1.59 bits per heavy atom. The zero-order valence-corrected chi connectivity index (χ0v) is 19.9. The van der Waals surface area contributed by atoms with E-state index in [2.05, 4.69) is 11.6 Å². The van der Waals surface area contributed by atoms with Crippen LogP contribution >= 0.6 is 0 Å². The molecule has 0 heterocycles. The van der Waals surface area contributed by atoms with Gasteiger partial charge in [-0.25, -0.2) is 18.0 Å². The fraction of sp³-hybridized carbons (Fsp3) is 0.231. The van der Waals surface area contributed by atoms with Crippen LogP contribution in [-0.2, 0) is 32.5 Å². The van der Waals surface area contributed by atoms with Crippen LogP contribution < -0.4 is 4.72 Å². The maximum Gasteiger partial charge on any atom is 0.340 e. The van der Waals surface area contributed by atoms with E-state index in [1.807, 2.05) is 30.3 Å². The van der Waals surface area contributed by atoms with Crippen molar-refractivity contribution in [1.29, 1.82) is 0 Å². The van der Waals surface area contributed by atoms with Crippen LogP contribution in [0.3, 0.4) is 0 Å². The van der Waals surface area contributed by atoms with Gasteiger partial charge in [-0.3, -0.25) is 4.72 Å². The third-order valence-corrected chi connectivity index (χ3v) is 6.55. The van der Waals surface area contributed by atoms with E-state index in [0.717, 1.165) is 30.4 Å². The van der Waals surface area contributed by atoms with Crippen molar-refractivity contribution in [2.75, 3.05) is 11.8 Å². The van der Waals surface area contributed by atoms with Crippen molar-refractivity contribution in [3.63, 3.8) is 0 Å². The van der Waals surface area contributed by atoms with Gasteiger partial charge < -0.3 is 9.47 Å². The molecule has 0 aliphatic rings. The summed E-state index contributed by atoms with van der Waals surface area (Å²) in [4.78, 5) is 24.9. The first-order valence-electron chi connectivity index (χ1n) is 10.9. The summed E-state index contributed by atoms with van der Waals surface area (Å²) in [6, 6.07) is 19.8. The number of carbonyl (C=O) groups excluding carboxylic acids is 2. The number of anilines is 1. The topological polar surface area (TPSA) is 98.8 Å². The predicted octanol–water partition coefficient (Wildman–Crippen LogP) is 4.97. The van der Waals surface area contributed by atoms with Crippen LogP contribution in [0, 0.1) is 0 Å². The van der Waals surface area contributed by atoms with Gasteiger partial charge in [0.2, 0.25) is 0 Å². The lowest BCUT2D eigenvalue weighted by atomic mass is 10.1. The van der Waals surface area contributed by atoms with Gasteiger partial charge in [0.05, 0.1) is 28.8 Å². The number of nitrogens with one attached hydrogen (secondary N) is 1. The number of rotatable bonds is 10. The van der Waals surface area contributed by atoms with Crippen molar-refractivity contribution in [1.82, 2.24) is 0 Å². The van der Waals surface area contributed by atoms with Gasteiger partial charge in [-0.1, -0.05) is 55.8 Å². The number of benzene rings is 3. The number of unbranched alkanes of at least 4 members (excludes halogenated alkanes) is 1. The second-order valence-corrected chi connectivity index (χ2v) is 9.35. The van der Waals surface area contributed by atoms with Crippen LogP contribution in [-0.4, -0.2) is 27.5 Å². The molecule has 7 nitrogen and oxygen atoms in total. The zero-order valence-electron chi connectivity index (χ0n) is 19.1. The fourth-order valence-corrected chi connectivity index (χ4v) is 4.35. The third kappa shape index (κ3) is 6.45. The number of aryl methyl sites for hydroxylation is 1. The molecule has 3 rings (SSSR count). The van der Waals surface area contributed by atoms with Crippen LogP contribution in [0.5, 0.6) is 0 Å². The number of hydrogen-bond donors (Lipinski definition) is 1. The molecule has 0 spiro atoms. The Morgan fingerprint density at radius 3 is 2.24 bits per heavy atom. The number of hydrogen-bond acceptors (Lipinski definition) is 6. The molecule has 34 heavy (non-hydrogen) atoms. The summed E-state index contributed by atoms with van der Waals surface area (Å²) in [5, 5.41) is 0. The number of methoxy groups -OCH3 is 1. The Hall–Kier alpha value is -3.65. The van der Waals surface area contributed by atoms with Crippen molar-refractivity contribution in [2.24, 2.45) is 0 Å². The summed E-state index contributed by atoms with van der Waals surface area (Å²) >= 11 is 0. The molecule has 0 fully saturated rings. The van der Waals surface area contributed by atoms with Crippen LogP contribution in [0.25, 0.3) is 0 Å². The van der Waals surface area contributed by atoms with Gasteiger partial charge in [-0.05, 0) is 54.3 Å². The van der Waals surface area contributed by atoms with E-state index in [-0.39, 0.29) is 28.3 Å². The van der Waals surface area contributed by atoms with E-state index >= 15 is 0 Å². The summed E-state index contributed by atoms with van der Waals surface area (Å²) < 4.78 is 38.3. The predicted molar refractivity (Wildman–Crippen MR) is 129 cm³/mol. The molecule has 0 unspecified atom stereocenters. The normalized spacial score (nSPS) is 11.0. The highest BCUT2D eigenvalue weighted by Gasteiger charge is 2.21. The lowest BCUT2D eigenvalue weighted by Crippen LogP contribution is -2.17. The van der Waals surface area contributed by atoms with Crippen molar-refractivity contribution in [3.05, 3.63) is 95.1 Å². The van der Waals surface area contributed by atoms with Gasteiger partial charge in [-0.15, -0.1) is 0 Å². The second-order valence-electron chi connectivity index (χ2n) is 7.67. The first kappa shape index (κ1) is 25.0. The van der Waals surface area contributed by atoms with Crippen molar-refractivity contribution < 1.29 is 27.5 Å². The van der Waals surface area contributed by atoms with Gasteiger partial charge in [0.15, 0.2) is 0 Å². The molecule has 0 aromatic heterocycles. The van der Waals surface area contributed by atoms with Crippen LogP contribution in [0.4, 0.5) is 5.69 Å². The molecular formula is C26H27NO6S. The molecule has 8 heteroatoms. The summed E-state index contributed by atoms with van der Waals surface area (Å²) in [5.74, 6) is -1.43. The van der Waals surface area contributed by atoms with Crippen LogP contribution in [0.15, 0.2) is 77.7 Å². The summed E-state index contributed by atoms with van der Waals surface area (Å²) in [5.41, 5.74) is 1.87. The van der Waals surface area contributed by atoms with Crippen LogP contribution in [0.2, 0.25) is 0 Å². The van der Waals surface area contributed by atoms with Crippen molar-refractivity contribution in [2.45, 2.75) is 37.7 Å². The van der Waals surface area contributed by atoms with E-state index in [9.17, 15) is 18.0 Å². The molecule has 0 radical (unpaired) electrons. The first-order chi connectivity index (χ1) is 16.3. The minimum Gasteiger partial charge on any atom is -0.465 e. The maximum atomic E-state index is 12.9. The Bertz CT molecular complexity index is 1240. The largest absolute Gasteiger partial charge is 0.465 e. The summed E-state index contributed by atoms with van der Waals surface area (Å²) in [7, 11) is -2.79. The van der Waals surface area contributed by atoms with Gasteiger partial charge in [0.25, 0.3) is 10.0 Å². The molecule has 0 bridgehead atoms. The molecule has 3 aromatic rings. The molecule has 178 valence electrons. The van der Waals surface area contributed by atoms with E-state index < -0.39 is 22.0 Å². The molecule has 0 saturated carbocycles. The van der Waals surface area contributed by atoms with Crippen LogP contribution in [0.1, 0.15) is 51.6 Å². The molecule has 0 aliphatic carbocycles. The average molecular weight is 482 g/mol. The highest BCUT2D eigenvalue weighted by Crippen LogP contribution is 2.24. The summed E-state index contributed by atoms with van der Waals surface area (Å²) in [6.07, 6.45) is 2.94. The smallest absolute Gasteiger partial charge is 0.340 e.